The van der Waals surface area contributed by atoms with Crippen molar-refractivity contribution in [2.24, 2.45) is 0 Å². The monoisotopic (exact) mass is 906 g/mol. The summed E-state index contributed by atoms with van der Waals surface area (Å²) in [7, 11) is 0. The summed E-state index contributed by atoms with van der Waals surface area (Å²) in [5.74, 6) is 1.15. The zero-order valence-corrected chi connectivity index (χ0v) is 43.0. The van der Waals surface area contributed by atoms with Crippen LogP contribution >= 0.6 is 11.3 Å². The van der Waals surface area contributed by atoms with Gasteiger partial charge in [0.2, 0.25) is 0 Å². The lowest BCUT2D eigenvalue weighted by molar-refractivity contribution is 0.589. The van der Waals surface area contributed by atoms with E-state index in [1.807, 2.05) is 11.3 Å². The summed E-state index contributed by atoms with van der Waals surface area (Å²) in [5.41, 5.74) is 22.4. The Hall–Kier alpha value is -6.30. The summed E-state index contributed by atoms with van der Waals surface area (Å²) < 4.78 is 7.99. The van der Waals surface area contributed by atoms with Gasteiger partial charge in [-0.05, 0) is 145 Å². The first-order valence-corrected chi connectivity index (χ1v) is 25.4. The molecule has 340 valence electrons. The second-order valence-electron chi connectivity index (χ2n) is 23.0. The molecule has 68 heavy (non-hydrogen) atoms. The molecule has 0 fully saturated rings. The Kier molecular flexibility index (Phi) is 10.2. The van der Waals surface area contributed by atoms with Crippen molar-refractivity contribution in [1.82, 2.24) is 0 Å². The van der Waals surface area contributed by atoms with E-state index >= 15 is 0 Å². The number of hydrogen-bond donors (Lipinski definition) is 0. The van der Waals surface area contributed by atoms with Crippen LogP contribution in [0.3, 0.4) is 0 Å². The molecule has 0 bridgehead atoms. The highest BCUT2D eigenvalue weighted by Gasteiger charge is 2.47. The Morgan fingerprint density at radius 1 is 0.529 bits per heavy atom. The van der Waals surface area contributed by atoms with Crippen LogP contribution in [0.4, 0.5) is 33.4 Å². The molecule has 0 aliphatic carbocycles. The number of aryl methyl sites for hydroxylation is 2. The molecule has 0 atom stereocenters. The Labute approximate surface area is 408 Å². The van der Waals surface area contributed by atoms with E-state index in [-0.39, 0.29) is 28.9 Å². The van der Waals surface area contributed by atoms with E-state index in [1.165, 1.54) is 98.7 Å². The smallest absolute Gasteiger partial charge is 0.254 e. The minimum atomic E-state index is -0.0424. The third-order valence-corrected chi connectivity index (χ3v) is 15.9. The topological polar surface area (TPSA) is 19.6 Å². The zero-order valence-electron chi connectivity index (χ0n) is 42.1. The maximum atomic E-state index is 6.67. The number of rotatable bonds is 5. The average Bonchev–Trinajstić information content (AvgIpc) is 3.90. The molecule has 2 aliphatic heterocycles. The van der Waals surface area contributed by atoms with Crippen LogP contribution in [0.25, 0.3) is 43.5 Å². The molecule has 0 saturated heterocycles. The number of para-hydroxylation sites is 1. The summed E-state index contributed by atoms with van der Waals surface area (Å²) in [4.78, 5) is 5.31. The Balaban J connectivity index is 1.29. The fourth-order valence-corrected chi connectivity index (χ4v) is 12.1. The van der Waals surface area contributed by atoms with Gasteiger partial charge in [-0.3, -0.25) is 0 Å². The molecule has 2 aromatic heterocycles. The predicted molar refractivity (Wildman–Crippen MR) is 296 cm³/mol. The van der Waals surface area contributed by atoms with Gasteiger partial charge in [0.05, 0.1) is 16.4 Å². The molecule has 0 N–H and O–H groups in total. The molecule has 0 spiro atoms. The van der Waals surface area contributed by atoms with Crippen LogP contribution in [-0.4, -0.2) is 6.71 Å². The largest absolute Gasteiger partial charge is 0.456 e. The third-order valence-electron chi connectivity index (χ3n) is 14.7. The molecule has 4 heterocycles. The lowest BCUT2D eigenvalue weighted by Gasteiger charge is -2.45. The molecule has 0 unspecified atom stereocenters. The SMILES string of the molecule is Cc1cc(C(C)(C)C)cc(C)c1N1c2cc(C(C)C)cc3c2B(c2ccc(-c4cc5ccccc5o4)cc2N3c2ccc(C(C)(C)C)cc2-c2ccccc2)c2c1sc1ccc(C(C)(C)C)cc21. The number of hydrogen-bond acceptors (Lipinski definition) is 4. The number of furan rings is 1. The van der Waals surface area contributed by atoms with Crippen LogP contribution in [-0.2, 0) is 16.2 Å². The van der Waals surface area contributed by atoms with Crippen LogP contribution < -0.4 is 26.2 Å². The molecular formula is C63H63BN2OS. The minimum Gasteiger partial charge on any atom is -0.456 e. The summed E-state index contributed by atoms with van der Waals surface area (Å²) in [6.45, 7) is 30.3. The summed E-state index contributed by atoms with van der Waals surface area (Å²) in [6, 6.07) is 53.2. The summed E-state index contributed by atoms with van der Waals surface area (Å²) >= 11 is 1.95. The number of benzene rings is 7. The van der Waals surface area contributed by atoms with Crippen molar-refractivity contribution >= 4 is 88.9 Å². The number of nitrogens with zero attached hydrogens (tertiary/aromatic N) is 2. The maximum absolute atomic E-state index is 6.67. The Morgan fingerprint density at radius 3 is 1.82 bits per heavy atom. The van der Waals surface area contributed by atoms with Crippen LogP contribution in [0.15, 0.2) is 144 Å². The van der Waals surface area contributed by atoms with E-state index in [1.54, 1.807) is 0 Å². The normalized spacial score (nSPS) is 13.7. The first kappa shape index (κ1) is 44.2. The van der Waals surface area contributed by atoms with Gasteiger partial charge in [-0.25, -0.2) is 0 Å². The van der Waals surface area contributed by atoms with Gasteiger partial charge in [-0.15, -0.1) is 11.3 Å². The van der Waals surface area contributed by atoms with E-state index in [0.717, 1.165) is 28.0 Å². The summed E-state index contributed by atoms with van der Waals surface area (Å²) in [6.07, 6.45) is 0. The lowest BCUT2D eigenvalue weighted by atomic mass is 9.33. The van der Waals surface area contributed by atoms with Crippen molar-refractivity contribution in [2.45, 2.75) is 112 Å². The number of thiophene rings is 1. The van der Waals surface area contributed by atoms with Crippen molar-refractivity contribution in [3.05, 3.63) is 173 Å². The minimum absolute atomic E-state index is 0.0155. The average molecular weight is 907 g/mol. The van der Waals surface area contributed by atoms with Crippen molar-refractivity contribution in [3.8, 4) is 22.5 Å². The first-order chi connectivity index (χ1) is 32.3. The first-order valence-electron chi connectivity index (χ1n) is 24.6. The van der Waals surface area contributed by atoms with Crippen LogP contribution in [0.2, 0.25) is 0 Å². The molecule has 3 nitrogen and oxygen atoms in total. The van der Waals surface area contributed by atoms with Crippen LogP contribution in [0.5, 0.6) is 0 Å². The van der Waals surface area contributed by atoms with Gasteiger partial charge in [0.1, 0.15) is 11.3 Å². The second-order valence-corrected chi connectivity index (χ2v) is 24.0. The van der Waals surface area contributed by atoms with Gasteiger partial charge in [0, 0.05) is 38.3 Å². The molecule has 5 heteroatoms. The molecule has 11 rings (SSSR count). The number of fused-ring (bicyclic) bond motifs is 7. The van der Waals surface area contributed by atoms with Gasteiger partial charge in [-0.1, -0.05) is 167 Å². The second kappa shape index (κ2) is 15.6. The van der Waals surface area contributed by atoms with Crippen molar-refractivity contribution < 1.29 is 4.42 Å². The summed E-state index contributed by atoms with van der Waals surface area (Å²) in [5, 5.41) is 3.76. The van der Waals surface area contributed by atoms with Gasteiger partial charge < -0.3 is 14.2 Å². The standard InChI is InChI=1S/C63H63BN2OS/c1-37(2)43-32-52-58-53(33-43)66(59-38(3)29-46(30-39(59)4)63(11,12)13)60-57(48-36-45(62(8,9)10)25-28-56(48)68-60)64(58)49-26-23-42(55-34-41-21-17-18-22-54(41)67-55)31-51(49)65(52)50-27-24-44(61(5,6)7)35-47(50)40-19-15-14-16-20-40/h14-37H,1-13H3. The molecule has 9 aromatic rings. The van der Waals surface area contributed by atoms with Crippen molar-refractivity contribution in [2.75, 3.05) is 9.80 Å². The molecular weight excluding hydrogens is 844 g/mol. The van der Waals surface area contributed by atoms with Gasteiger partial charge in [0.15, 0.2) is 0 Å². The highest BCUT2D eigenvalue weighted by molar-refractivity contribution is 7.26. The van der Waals surface area contributed by atoms with E-state index in [2.05, 4.69) is 239 Å². The Morgan fingerprint density at radius 2 is 1.16 bits per heavy atom. The van der Waals surface area contributed by atoms with Crippen molar-refractivity contribution in [1.29, 1.82) is 0 Å². The van der Waals surface area contributed by atoms with Crippen molar-refractivity contribution in [3.63, 3.8) is 0 Å². The fourth-order valence-electron chi connectivity index (χ4n) is 10.9. The third kappa shape index (κ3) is 7.14. The van der Waals surface area contributed by atoms with E-state index in [0.29, 0.717) is 0 Å². The van der Waals surface area contributed by atoms with Crippen LogP contribution in [0.1, 0.15) is 115 Å². The predicted octanol–water partition coefficient (Wildman–Crippen LogP) is 16.7. The van der Waals surface area contributed by atoms with E-state index in [9.17, 15) is 0 Å². The molecule has 0 saturated carbocycles. The highest BCUT2D eigenvalue weighted by atomic mass is 32.1. The number of anilines is 6. The molecule has 7 aromatic carbocycles. The fraction of sp³-hybridized carbons (Fsp3) is 0.270. The van der Waals surface area contributed by atoms with Gasteiger partial charge in [0.25, 0.3) is 6.71 Å². The Bertz CT molecular complexity index is 3420. The lowest BCUT2D eigenvalue weighted by Crippen LogP contribution is -2.61. The quantitative estimate of drug-likeness (QED) is 0.160. The van der Waals surface area contributed by atoms with Crippen LogP contribution in [0, 0.1) is 13.8 Å². The zero-order chi connectivity index (χ0) is 47.8. The molecule has 2 aliphatic rings. The molecule has 0 amide bonds. The van der Waals surface area contributed by atoms with E-state index in [4.69, 9.17) is 4.42 Å². The molecule has 0 radical (unpaired) electrons. The highest BCUT2D eigenvalue weighted by Crippen LogP contribution is 2.52. The maximum Gasteiger partial charge on any atom is 0.254 e. The van der Waals surface area contributed by atoms with Gasteiger partial charge in [-0.2, -0.15) is 0 Å². The van der Waals surface area contributed by atoms with E-state index < -0.39 is 0 Å². The van der Waals surface area contributed by atoms with Gasteiger partial charge >= 0.3 is 0 Å².